The lowest BCUT2D eigenvalue weighted by Gasteiger charge is -2.34. The number of benzene rings is 1. The molecule has 0 aromatic heterocycles. The highest BCUT2D eigenvalue weighted by molar-refractivity contribution is 5.62. The molecule has 1 aromatic rings. The number of ether oxygens (including phenoxy) is 1. The van der Waals surface area contributed by atoms with Gasteiger partial charge in [-0.05, 0) is 68.2 Å². The van der Waals surface area contributed by atoms with E-state index in [4.69, 9.17) is 4.74 Å². The van der Waals surface area contributed by atoms with Crippen molar-refractivity contribution in [1.82, 2.24) is 0 Å². The molecule has 0 aliphatic carbocycles. The monoisotopic (exact) mass is 330 g/mol. The molecular weight excluding hydrogens is 300 g/mol. The fourth-order valence-electron chi connectivity index (χ4n) is 4.67. The van der Waals surface area contributed by atoms with E-state index in [1.807, 2.05) is 0 Å². The van der Waals surface area contributed by atoms with Gasteiger partial charge in [0.2, 0.25) is 0 Å². The molecule has 3 saturated heterocycles. The third kappa shape index (κ3) is 3.14. The third-order valence-corrected chi connectivity index (χ3v) is 6.34. The van der Waals surface area contributed by atoms with Crippen molar-refractivity contribution in [3.8, 4) is 0 Å². The van der Waals surface area contributed by atoms with Crippen molar-refractivity contribution in [2.45, 2.75) is 45.1 Å². The first-order valence-electron chi connectivity index (χ1n) is 9.52. The molecule has 0 radical (unpaired) electrons. The van der Waals surface area contributed by atoms with Crippen molar-refractivity contribution in [2.75, 3.05) is 49.2 Å². The van der Waals surface area contributed by atoms with Crippen LogP contribution >= 0.6 is 0 Å². The second kappa shape index (κ2) is 6.57. The summed E-state index contributed by atoms with van der Waals surface area (Å²) in [5.74, 6) is 0. The van der Waals surface area contributed by atoms with Crippen LogP contribution in [-0.4, -0.2) is 50.6 Å². The van der Waals surface area contributed by atoms with Crippen molar-refractivity contribution in [3.05, 3.63) is 23.8 Å². The first kappa shape index (κ1) is 16.2. The van der Waals surface area contributed by atoms with Crippen LogP contribution in [0.25, 0.3) is 0 Å². The SMILES string of the molecule is Cc1cc(N2CCC(O)CC2)ccc1N1CCC2(CCOCC2)C1. The van der Waals surface area contributed by atoms with Gasteiger partial charge in [0.05, 0.1) is 6.10 Å². The van der Waals surface area contributed by atoms with Gasteiger partial charge >= 0.3 is 0 Å². The Labute approximate surface area is 145 Å². The summed E-state index contributed by atoms with van der Waals surface area (Å²) in [4.78, 5) is 5.00. The summed E-state index contributed by atoms with van der Waals surface area (Å²) in [5, 5.41) is 9.69. The normalized spacial score (nSPS) is 24.8. The van der Waals surface area contributed by atoms with Crippen LogP contribution in [0.15, 0.2) is 18.2 Å². The number of anilines is 2. The Kier molecular flexibility index (Phi) is 4.44. The number of hydrogen-bond donors (Lipinski definition) is 1. The largest absolute Gasteiger partial charge is 0.393 e. The zero-order valence-corrected chi connectivity index (χ0v) is 14.8. The van der Waals surface area contributed by atoms with Gasteiger partial charge in [0, 0.05) is 50.8 Å². The summed E-state index contributed by atoms with van der Waals surface area (Å²) in [5.41, 5.74) is 4.58. The highest BCUT2D eigenvalue weighted by Gasteiger charge is 2.39. The van der Waals surface area contributed by atoms with Crippen LogP contribution in [-0.2, 0) is 4.74 Å². The van der Waals surface area contributed by atoms with Crippen molar-refractivity contribution in [3.63, 3.8) is 0 Å². The Morgan fingerprint density at radius 2 is 1.79 bits per heavy atom. The van der Waals surface area contributed by atoms with Crippen LogP contribution in [0.4, 0.5) is 11.4 Å². The van der Waals surface area contributed by atoms with Crippen molar-refractivity contribution >= 4 is 11.4 Å². The summed E-state index contributed by atoms with van der Waals surface area (Å²) in [6.07, 6.45) is 5.41. The van der Waals surface area contributed by atoms with Gasteiger partial charge in [-0.2, -0.15) is 0 Å². The summed E-state index contributed by atoms with van der Waals surface area (Å²) in [7, 11) is 0. The maximum Gasteiger partial charge on any atom is 0.0574 e. The van der Waals surface area contributed by atoms with E-state index in [-0.39, 0.29) is 6.10 Å². The van der Waals surface area contributed by atoms with Gasteiger partial charge in [-0.1, -0.05) is 0 Å². The molecule has 0 unspecified atom stereocenters. The Bertz CT molecular complexity index is 575. The molecule has 4 heteroatoms. The van der Waals surface area contributed by atoms with Crippen molar-refractivity contribution in [2.24, 2.45) is 5.41 Å². The standard InChI is InChI=1S/C20H30N2O2/c1-16-14-17(21-9-4-18(23)5-10-21)2-3-19(16)22-11-6-20(15-22)7-12-24-13-8-20/h2-3,14,18,23H,4-13,15H2,1H3. The van der Waals surface area contributed by atoms with Gasteiger partial charge < -0.3 is 19.6 Å². The van der Waals surface area contributed by atoms with E-state index in [1.54, 1.807) is 0 Å². The van der Waals surface area contributed by atoms with Crippen LogP contribution < -0.4 is 9.80 Å². The molecule has 3 aliphatic rings. The lowest BCUT2D eigenvalue weighted by Crippen LogP contribution is -2.36. The molecule has 0 saturated carbocycles. The number of rotatable bonds is 2. The first-order chi connectivity index (χ1) is 11.7. The van der Waals surface area contributed by atoms with Gasteiger partial charge in [0.25, 0.3) is 0 Å². The smallest absolute Gasteiger partial charge is 0.0574 e. The fourth-order valence-corrected chi connectivity index (χ4v) is 4.67. The topological polar surface area (TPSA) is 35.9 Å². The zero-order chi connectivity index (χ0) is 16.6. The fraction of sp³-hybridized carbons (Fsp3) is 0.700. The van der Waals surface area contributed by atoms with Gasteiger partial charge in [0.1, 0.15) is 0 Å². The molecule has 1 spiro atoms. The number of aliphatic hydroxyl groups excluding tert-OH is 1. The van der Waals surface area contributed by atoms with Crippen LogP contribution in [0.1, 0.15) is 37.7 Å². The van der Waals surface area contributed by atoms with E-state index in [9.17, 15) is 5.11 Å². The van der Waals surface area contributed by atoms with Gasteiger partial charge in [-0.15, -0.1) is 0 Å². The molecule has 1 N–H and O–H groups in total. The molecule has 3 heterocycles. The van der Waals surface area contributed by atoms with Crippen molar-refractivity contribution in [1.29, 1.82) is 0 Å². The molecule has 4 rings (SSSR count). The van der Waals surface area contributed by atoms with E-state index in [2.05, 4.69) is 34.9 Å². The number of hydrogen-bond acceptors (Lipinski definition) is 4. The molecule has 3 fully saturated rings. The average Bonchev–Trinajstić information content (AvgIpc) is 2.99. The Hall–Kier alpha value is -1.26. The highest BCUT2D eigenvalue weighted by Crippen LogP contribution is 2.42. The van der Waals surface area contributed by atoms with Crippen LogP contribution in [0, 0.1) is 12.3 Å². The molecule has 3 aliphatic heterocycles. The number of aliphatic hydroxyl groups is 1. The number of piperidine rings is 1. The molecule has 0 bridgehead atoms. The molecule has 24 heavy (non-hydrogen) atoms. The van der Waals surface area contributed by atoms with E-state index in [0.717, 1.165) is 39.1 Å². The Morgan fingerprint density at radius 1 is 1.04 bits per heavy atom. The molecule has 4 nitrogen and oxygen atoms in total. The minimum Gasteiger partial charge on any atom is -0.393 e. The predicted molar refractivity (Wildman–Crippen MR) is 97.9 cm³/mol. The lowest BCUT2D eigenvalue weighted by molar-refractivity contribution is 0.0254. The van der Waals surface area contributed by atoms with Crippen molar-refractivity contribution < 1.29 is 9.84 Å². The maximum absolute atomic E-state index is 9.69. The van der Waals surface area contributed by atoms with Crippen LogP contribution in [0.3, 0.4) is 0 Å². The predicted octanol–water partition coefficient (Wildman–Crippen LogP) is 2.96. The Morgan fingerprint density at radius 3 is 2.50 bits per heavy atom. The number of nitrogens with zero attached hydrogens (tertiary/aromatic N) is 2. The lowest BCUT2D eigenvalue weighted by atomic mass is 9.80. The Balaban J connectivity index is 1.46. The highest BCUT2D eigenvalue weighted by atomic mass is 16.5. The summed E-state index contributed by atoms with van der Waals surface area (Å²) in [6, 6.07) is 6.92. The summed E-state index contributed by atoms with van der Waals surface area (Å²) < 4.78 is 5.57. The van der Waals surface area contributed by atoms with E-state index < -0.39 is 0 Å². The van der Waals surface area contributed by atoms with E-state index in [0.29, 0.717) is 5.41 Å². The third-order valence-electron chi connectivity index (χ3n) is 6.34. The van der Waals surface area contributed by atoms with E-state index in [1.165, 1.54) is 49.3 Å². The zero-order valence-electron chi connectivity index (χ0n) is 14.8. The molecule has 132 valence electrons. The summed E-state index contributed by atoms with van der Waals surface area (Å²) >= 11 is 0. The van der Waals surface area contributed by atoms with Gasteiger partial charge in [-0.25, -0.2) is 0 Å². The minimum absolute atomic E-state index is 0.109. The molecule has 0 amide bonds. The van der Waals surface area contributed by atoms with Gasteiger partial charge in [-0.3, -0.25) is 0 Å². The minimum atomic E-state index is -0.109. The molecular formula is C20H30N2O2. The number of aryl methyl sites for hydroxylation is 1. The van der Waals surface area contributed by atoms with E-state index >= 15 is 0 Å². The first-order valence-corrected chi connectivity index (χ1v) is 9.52. The summed E-state index contributed by atoms with van der Waals surface area (Å²) in [6.45, 7) is 8.41. The quantitative estimate of drug-likeness (QED) is 0.904. The maximum atomic E-state index is 9.69. The average molecular weight is 330 g/mol. The van der Waals surface area contributed by atoms with Gasteiger partial charge in [0.15, 0.2) is 0 Å². The second-order valence-electron chi connectivity index (χ2n) is 7.97. The molecule has 1 aromatic carbocycles. The molecule has 0 atom stereocenters. The van der Waals surface area contributed by atoms with Crippen LogP contribution in [0.5, 0.6) is 0 Å². The van der Waals surface area contributed by atoms with Crippen LogP contribution in [0.2, 0.25) is 0 Å². The second-order valence-corrected chi connectivity index (χ2v) is 7.97.